The molecule has 20 heavy (non-hydrogen) atoms. The quantitative estimate of drug-likeness (QED) is 0.909. The standard InChI is InChI=1S/C14H17BrN4O/c1-4-16-14-13(15)9(2)18-11(19-14)7-10-5-6-12(20-3)17-8-10/h5-6,8H,4,7H2,1-3H3,(H,16,18,19). The molecule has 106 valence electrons. The first-order valence-corrected chi connectivity index (χ1v) is 7.19. The number of hydrogen-bond donors (Lipinski definition) is 1. The number of aromatic nitrogens is 3. The average Bonchev–Trinajstić information content (AvgIpc) is 2.45. The lowest BCUT2D eigenvalue weighted by molar-refractivity contribution is 0.397. The third kappa shape index (κ3) is 3.45. The van der Waals surface area contributed by atoms with Crippen molar-refractivity contribution in [1.82, 2.24) is 15.0 Å². The zero-order chi connectivity index (χ0) is 14.5. The summed E-state index contributed by atoms with van der Waals surface area (Å²) in [4.78, 5) is 13.2. The van der Waals surface area contributed by atoms with Crippen LogP contribution in [-0.4, -0.2) is 28.6 Å². The Labute approximate surface area is 127 Å². The van der Waals surface area contributed by atoms with E-state index in [0.29, 0.717) is 12.3 Å². The highest BCUT2D eigenvalue weighted by atomic mass is 79.9. The highest BCUT2D eigenvalue weighted by Gasteiger charge is 2.09. The van der Waals surface area contributed by atoms with Crippen LogP contribution in [0, 0.1) is 6.92 Å². The Bertz CT molecular complexity index is 586. The molecule has 0 radical (unpaired) electrons. The molecular weight excluding hydrogens is 320 g/mol. The predicted molar refractivity (Wildman–Crippen MR) is 82.2 cm³/mol. The van der Waals surface area contributed by atoms with Crippen LogP contribution in [0.1, 0.15) is 24.0 Å². The van der Waals surface area contributed by atoms with Crippen LogP contribution in [0.5, 0.6) is 5.88 Å². The summed E-state index contributed by atoms with van der Waals surface area (Å²) in [5, 5.41) is 3.23. The highest BCUT2D eigenvalue weighted by Crippen LogP contribution is 2.23. The van der Waals surface area contributed by atoms with Gasteiger partial charge in [-0.25, -0.2) is 15.0 Å². The van der Waals surface area contributed by atoms with Crippen LogP contribution in [0.15, 0.2) is 22.8 Å². The summed E-state index contributed by atoms with van der Waals surface area (Å²) >= 11 is 3.50. The lowest BCUT2D eigenvalue weighted by atomic mass is 10.2. The summed E-state index contributed by atoms with van der Waals surface area (Å²) in [6.45, 7) is 4.82. The van der Waals surface area contributed by atoms with Gasteiger partial charge in [0, 0.05) is 25.2 Å². The van der Waals surface area contributed by atoms with Crippen LogP contribution in [0.3, 0.4) is 0 Å². The fraction of sp³-hybridized carbons (Fsp3) is 0.357. The lowest BCUT2D eigenvalue weighted by Crippen LogP contribution is -2.07. The van der Waals surface area contributed by atoms with Crippen LogP contribution in [0.4, 0.5) is 5.82 Å². The Morgan fingerprint density at radius 1 is 1.30 bits per heavy atom. The van der Waals surface area contributed by atoms with Gasteiger partial charge in [-0.3, -0.25) is 0 Å². The summed E-state index contributed by atoms with van der Waals surface area (Å²) in [5.41, 5.74) is 1.97. The number of nitrogens with one attached hydrogen (secondary N) is 1. The Kier molecular flexibility index (Phi) is 4.89. The molecule has 0 saturated carbocycles. The summed E-state index contributed by atoms with van der Waals surface area (Å²) in [5.74, 6) is 2.21. The SMILES string of the molecule is CCNc1nc(Cc2ccc(OC)nc2)nc(C)c1Br. The maximum atomic E-state index is 5.05. The molecule has 2 aromatic rings. The predicted octanol–water partition coefficient (Wildman–Crippen LogP) is 2.97. The molecule has 5 nitrogen and oxygen atoms in total. The number of methoxy groups -OCH3 is 1. The van der Waals surface area contributed by atoms with Crippen molar-refractivity contribution in [2.24, 2.45) is 0 Å². The molecule has 0 bridgehead atoms. The number of rotatable bonds is 5. The third-order valence-corrected chi connectivity index (χ3v) is 3.73. The van der Waals surface area contributed by atoms with Gasteiger partial charge in [-0.15, -0.1) is 0 Å². The second-order valence-corrected chi connectivity index (χ2v) is 5.10. The van der Waals surface area contributed by atoms with Gasteiger partial charge in [0.05, 0.1) is 17.3 Å². The normalized spacial score (nSPS) is 10.4. The second kappa shape index (κ2) is 6.65. The van der Waals surface area contributed by atoms with Crippen molar-refractivity contribution < 1.29 is 4.74 Å². The molecule has 2 aromatic heterocycles. The first kappa shape index (κ1) is 14.7. The molecule has 2 heterocycles. The van der Waals surface area contributed by atoms with Gasteiger partial charge in [0.15, 0.2) is 0 Å². The monoisotopic (exact) mass is 336 g/mol. The van der Waals surface area contributed by atoms with E-state index >= 15 is 0 Å². The van der Waals surface area contributed by atoms with Gasteiger partial charge in [0.2, 0.25) is 5.88 Å². The minimum atomic E-state index is 0.606. The summed E-state index contributed by atoms with van der Waals surface area (Å²) < 4.78 is 5.96. The maximum Gasteiger partial charge on any atom is 0.212 e. The average molecular weight is 337 g/mol. The third-order valence-electron chi connectivity index (χ3n) is 2.78. The topological polar surface area (TPSA) is 59.9 Å². The van der Waals surface area contributed by atoms with Crippen LogP contribution in [0.25, 0.3) is 0 Å². The second-order valence-electron chi connectivity index (χ2n) is 4.30. The van der Waals surface area contributed by atoms with Crippen LogP contribution in [-0.2, 0) is 6.42 Å². The van der Waals surface area contributed by atoms with Gasteiger partial charge in [-0.1, -0.05) is 6.07 Å². The van der Waals surface area contributed by atoms with Crippen molar-refractivity contribution in [1.29, 1.82) is 0 Å². The Balaban J connectivity index is 2.23. The smallest absolute Gasteiger partial charge is 0.212 e. The molecule has 0 aliphatic rings. The molecule has 1 N–H and O–H groups in total. The Morgan fingerprint density at radius 3 is 2.70 bits per heavy atom. The van der Waals surface area contributed by atoms with E-state index in [2.05, 4.69) is 36.2 Å². The van der Waals surface area contributed by atoms with Crippen molar-refractivity contribution in [2.45, 2.75) is 20.3 Å². The zero-order valence-electron chi connectivity index (χ0n) is 11.8. The summed E-state index contributed by atoms with van der Waals surface area (Å²) in [6, 6.07) is 3.81. The minimum Gasteiger partial charge on any atom is -0.481 e. The molecule has 0 atom stereocenters. The first-order valence-electron chi connectivity index (χ1n) is 6.39. The minimum absolute atomic E-state index is 0.606. The molecule has 2 rings (SSSR count). The van der Waals surface area contributed by atoms with Crippen LogP contribution in [0.2, 0.25) is 0 Å². The maximum absolute atomic E-state index is 5.05. The van der Waals surface area contributed by atoms with Gasteiger partial charge >= 0.3 is 0 Å². The molecule has 0 amide bonds. The number of pyridine rings is 1. The Morgan fingerprint density at radius 2 is 2.10 bits per heavy atom. The van der Waals surface area contributed by atoms with E-state index in [4.69, 9.17) is 4.74 Å². The van der Waals surface area contributed by atoms with E-state index < -0.39 is 0 Å². The summed E-state index contributed by atoms with van der Waals surface area (Å²) in [7, 11) is 1.60. The molecule has 0 fully saturated rings. The van der Waals surface area contributed by atoms with Crippen LogP contribution < -0.4 is 10.1 Å². The molecule has 0 aliphatic heterocycles. The molecule has 0 unspecified atom stereocenters. The van der Waals surface area contributed by atoms with Gasteiger partial charge in [0.1, 0.15) is 11.6 Å². The fourth-order valence-electron chi connectivity index (χ4n) is 1.80. The zero-order valence-corrected chi connectivity index (χ0v) is 13.4. The van der Waals surface area contributed by atoms with Crippen molar-refractivity contribution in [3.05, 3.63) is 39.9 Å². The highest BCUT2D eigenvalue weighted by molar-refractivity contribution is 9.10. The number of aryl methyl sites for hydroxylation is 1. The number of hydrogen-bond acceptors (Lipinski definition) is 5. The van der Waals surface area contributed by atoms with Crippen molar-refractivity contribution >= 4 is 21.7 Å². The van der Waals surface area contributed by atoms with Gasteiger partial charge < -0.3 is 10.1 Å². The van der Waals surface area contributed by atoms with Gasteiger partial charge in [0.25, 0.3) is 0 Å². The first-order chi connectivity index (χ1) is 9.63. The molecular formula is C14H17BrN4O. The van der Waals surface area contributed by atoms with E-state index in [-0.39, 0.29) is 0 Å². The fourth-order valence-corrected chi connectivity index (χ4v) is 2.12. The summed E-state index contributed by atoms with van der Waals surface area (Å²) in [6.07, 6.45) is 2.43. The number of anilines is 1. The number of nitrogens with zero attached hydrogens (tertiary/aromatic N) is 3. The van der Waals surface area contributed by atoms with Crippen molar-refractivity contribution in [3.63, 3.8) is 0 Å². The number of halogens is 1. The van der Waals surface area contributed by atoms with E-state index in [1.807, 2.05) is 26.0 Å². The largest absolute Gasteiger partial charge is 0.481 e. The molecule has 0 aromatic carbocycles. The number of ether oxygens (including phenoxy) is 1. The van der Waals surface area contributed by atoms with Gasteiger partial charge in [-0.2, -0.15) is 0 Å². The molecule has 0 spiro atoms. The Hall–Kier alpha value is -1.69. The molecule has 0 saturated heterocycles. The molecule has 0 aliphatic carbocycles. The van der Waals surface area contributed by atoms with E-state index in [0.717, 1.165) is 33.9 Å². The van der Waals surface area contributed by atoms with E-state index in [1.165, 1.54) is 0 Å². The van der Waals surface area contributed by atoms with Crippen molar-refractivity contribution in [3.8, 4) is 5.88 Å². The molecule has 6 heteroatoms. The van der Waals surface area contributed by atoms with E-state index in [1.54, 1.807) is 13.3 Å². The van der Waals surface area contributed by atoms with Crippen molar-refractivity contribution in [2.75, 3.05) is 19.0 Å². The lowest BCUT2D eigenvalue weighted by Gasteiger charge is -2.10. The van der Waals surface area contributed by atoms with Gasteiger partial charge in [-0.05, 0) is 35.3 Å². The van der Waals surface area contributed by atoms with Crippen LogP contribution >= 0.6 is 15.9 Å². The van der Waals surface area contributed by atoms with E-state index in [9.17, 15) is 0 Å².